The Balaban J connectivity index is 1.55. The maximum Gasteiger partial charge on any atom is 0.339 e. The SMILES string of the molecule is CCc1nc([C@@H]2CCCN2C(=O)[C@H]2Cc3ccccc3C(=O)O2)no1. The molecule has 0 saturated carbocycles. The van der Waals surface area contributed by atoms with E-state index in [0.717, 1.165) is 18.4 Å². The predicted octanol–water partition coefficient (Wildman–Crippen LogP) is 2.08. The molecule has 1 saturated heterocycles. The lowest BCUT2D eigenvalue weighted by Crippen LogP contribution is -2.44. The Kier molecular flexibility index (Phi) is 3.99. The fraction of sp³-hybridized carbons (Fsp3) is 0.444. The quantitative estimate of drug-likeness (QED) is 0.795. The number of ether oxygens (including phenoxy) is 1. The number of carbonyl (C=O) groups excluding carboxylic acids is 2. The molecule has 3 heterocycles. The maximum absolute atomic E-state index is 13.0. The van der Waals surface area contributed by atoms with Crippen LogP contribution in [0.15, 0.2) is 28.8 Å². The molecule has 0 N–H and O–H groups in total. The zero-order valence-corrected chi connectivity index (χ0v) is 14.0. The number of aryl methyl sites for hydroxylation is 1. The van der Waals surface area contributed by atoms with E-state index in [1.54, 1.807) is 17.0 Å². The molecule has 1 fully saturated rings. The van der Waals surface area contributed by atoms with Crippen LogP contribution in [0.5, 0.6) is 0 Å². The topological polar surface area (TPSA) is 85.5 Å². The molecule has 1 amide bonds. The van der Waals surface area contributed by atoms with E-state index in [0.29, 0.717) is 36.7 Å². The monoisotopic (exact) mass is 341 g/mol. The van der Waals surface area contributed by atoms with Crippen LogP contribution in [0.25, 0.3) is 0 Å². The Morgan fingerprint density at radius 2 is 2.20 bits per heavy atom. The molecule has 0 unspecified atom stereocenters. The maximum atomic E-state index is 13.0. The van der Waals surface area contributed by atoms with Gasteiger partial charge in [-0.25, -0.2) is 4.79 Å². The molecule has 1 aromatic heterocycles. The van der Waals surface area contributed by atoms with Crippen molar-refractivity contribution >= 4 is 11.9 Å². The normalized spacial score (nSPS) is 22.6. The van der Waals surface area contributed by atoms with Gasteiger partial charge in [-0.05, 0) is 24.5 Å². The lowest BCUT2D eigenvalue weighted by molar-refractivity contribution is -0.142. The summed E-state index contributed by atoms with van der Waals surface area (Å²) >= 11 is 0. The van der Waals surface area contributed by atoms with Crippen LogP contribution in [-0.4, -0.2) is 39.6 Å². The van der Waals surface area contributed by atoms with Crippen molar-refractivity contribution in [3.8, 4) is 0 Å². The van der Waals surface area contributed by atoms with Gasteiger partial charge in [0.25, 0.3) is 5.91 Å². The van der Waals surface area contributed by atoms with E-state index in [2.05, 4.69) is 10.1 Å². The van der Waals surface area contributed by atoms with E-state index in [1.807, 2.05) is 19.1 Å². The Hall–Kier alpha value is -2.70. The van der Waals surface area contributed by atoms with Gasteiger partial charge in [0.15, 0.2) is 11.9 Å². The number of aromatic nitrogens is 2. The molecule has 25 heavy (non-hydrogen) atoms. The smallest absolute Gasteiger partial charge is 0.339 e. The van der Waals surface area contributed by atoms with Crippen LogP contribution in [-0.2, 0) is 22.4 Å². The van der Waals surface area contributed by atoms with Crippen LogP contribution in [0.2, 0.25) is 0 Å². The number of amides is 1. The number of benzene rings is 1. The number of hydrogen-bond donors (Lipinski definition) is 0. The van der Waals surface area contributed by atoms with Gasteiger partial charge in [-0.1, -0.05) is 30.3 Å². The number of hydrogen-bond acceptors (Lipinski definition) is 6. The standard InChI is InChI=1S/C18H19N3O4/c1-2-15-19-16(20-25-15)13-8-5-9-21(13)17(22)14-10-11-6-3-4-7-12(11)18(23)24-14/h3-4,6-7,13-14H,2,5,8-10H2,1H3/t13-,14+/m0/s1. The third-order valence-corrected chi connectivity index (χ3v) is 4.79. The minimum atomic E-state index is -0.791. The van der Waals surface area contributed by atoms with Gasteiger partial charge in [-0.2, -0.15) is 4.98 Å². The van der Waals surface area contributed by atoms with Crippen LogP contribution in [0, 0.1) is 0 Å². The van der Waals surface area contributed by atoms with Gasteiger partial charge in [0.05, 0.1) is 11.6 Å². The van der Waals surface area contributed by atoms with Gasteiger partial charge in [-0.3, -0.25) is 4.79 Å². The average molecular weight is 341 g/mol. The van der Waals surface area contributed by atoms with Gasteiger partial charge in [0.1, 0.15) is 0 Å². The minimum absolute atomic E-state index is 0.187. The Bertz CT molecular complexity index is 816. The lowest BCUT2D eigenvalue weighted by Gasteiger charge is -2.29. The summed E-state index contributed by atoms with van der Waals surface area (Å²) in [6.07, 6.45) is 1.91. The second kappa shape index (κ2) is 6.31. The van der Waals surface area contributed by atoms with Crippen molar-refractivity contribution < 1.29 is 18.8 Å². The summed E-state index contributed by atoms with van der Waals surface area (Å²) in [6.45, 7) is 2.54. The molecular formula is C18H19N3O4. The molecule has 1 aromatic carbocycles. The van der Waals surface area contributed by atoms with Crippen molar-refractivity contribution in [2.75, 3.05) is 6.54 Å². The third-order valence-electron chi connectivity index (χ3n) is 4.79. The Morgan fingerprint density at radius 1 is 1.36 bits per heavy atom. The van der Waals surface area contributed by atoms with Crippen molar-refractivity contribution in [3.63, 3.8) is 0 Å². The lowest BCUT2D eigenvalue weighted by atomic mass is 9.98. The molecular weight excluding hydrogens is 322 g/mol. The number of fused-ring (bicyclic) bond motifs is 1. The van der Waals surface area contributed by atoms with Crippen molar-refractivity contribution in [2.24, 2.45) is 0 Å². The molecule has 2 atom stereocenters. The predicted molar refractivity (Wildman–Crippen MR) is 86.7 cm³/mol. The number of rotatable bonds is 3. The first-order valence-electron chi connectivity index (χ1n) is 8.59. The summed E-state index contributed by atoms with van der Waals surface area (Å²) in [5.74, 6) is 0.467. The largest absolute Gasteiger partial charge is 0.448 e. The number of nitrogens with zero attached hydrogens (tertiary/aromatic N) is 3. The highest BCUT2D eigenvalue weighted by Crippen LogP contribution is 2.32. The zero-order valence-electron chi connectivity index (χ0n) is 14.0. The Labute approximate surface area is 145 Å². The summed E-state index contributed by atoms with van der Waals surface area (Å²) in [4.78, 5) is 31.2. The minimum Gasteiger partial charge on any atom is -0.448 e. The molecule has 0 aliphatic carbocycles. The highest BCUT2D eigenvalue weighted by molar-refractivity contribution is 5.95. The zero-order chi connectivity index (χ0) is 17.4. The van der Waals surface area contributed by atoms with E-state index in [9.17, 15) is 9.59 Å². The van der Waals surface area contributed by atoms with Gasteiger partial charge in [0.2, 0.25) is 5.89 Å². The molecule has 0 radical (unpaired) electrons. The van der Waals surface area contributed by atoms with Crippen LogP contribution in [0.1, 0.15) is 53.4 Å². The van der Waals surface area contributed by atoms with Gasteiger partial charge >= 0.3 is 5.97 Å². The van der Waals surface area contributed by atoms with Crippen LogP contribution in [0.3, 0.4) is 0 Å². The van der Waals surface area contributed by atoms with E-state index >= 15 is 0 Å². The first kappa shape index (κ1) is 15.8. The molecule has 2 aromatic rings. The first-order chi connectivity index (χ1) is 12.2. The first-order valence-corrected chi connectivity index (χ1v) is 8.59. The van der Waals surface area contributed by atoms with Gasteiger partial charge < -0.3 is 14.2 Å². The highest BCUT2D eigenvalue weighted by atomic mass is 16.5. The second-order valence-corrected chi connectivity index (χ2v) is 6.34. The molecule has 7 nitrogen and oxygen atoms in total. The van der Waals surface area contributed by atoms with E-state index in [-0.39, 0.29) is 11.9 Å². The van der Waals surface area contributed by atoms with E-state index in [4.69, 9.17) is 9.26 Å². The van der Waals surface area contributed by atoms with Crippen LogP contribution in [0.4, 0.5) is 0 Å². The molecule has 0 spiro atoms. The number of carbonyl (C=O) groups is 2. The molecule has 130 valence electrons. The van der Waals surface area contributed by atoms with Crippen LogP contribution < -0.4 is 0 Å². The van der Waals surface area contributed by atoms with E-state index in [1.165, 1.54) is 0 Å². The summed E-state index contributed by atoms with van der Waals surface area (Å²) in [5.41, 5.74) is 1.39. The van der Waals surface area contributed by atoms with Crippen molar-refractivity contribution in [3.05, 3.63) is 47.1 Å². The fourth-order valence-electron chi connectivity index (χ4n) is 3.50. The number of esters is 1. The molecule has 0 bridgehead atoms. The number of cyclic esters (lactones) is 1. The molecule has 2 aliphatic rings. The highest BCUT2D eigenvalue weighted by Gasteiger charge is 2.40. The average Bonchev–Trinajstić information content (AvgIpc) is 3.29. The summed E-state index contributed by atoms with van der Waals surface area (Å²) in [7, 11) is 0. The van der Waals surface area contributed by atoms with Crippen molar-refractivity contribution in [2.45, 2.75) is 44.8 Å². The summed E-state index contributed by atoms with van der Waals surface area (Å²) in [6, 6.07) is 7.03. The van der Waals surface area contributed by atoms with Gasteiger partial charge in [0, 0.05) is 19.4 Å². The Morgan fingerprint density at radius 3 is 3.00 bits per heavy atom. The molecule has 4 rings (SSSR count). The summed E-state index contributed by atoms with van der Waals surface area (Å²) in [5, 5.41) is 4.01. The third kappa shape index (κ3) is 2.79. The van der Waals surface area contributed by atoms with Crippen LogP contribution >= 0.6 is 0 Å². The van der Waals surface area contributed by atoms with E-state index < -0.39 is 12.1 Å². The second-order valence-electron chi connectivity index (χ2n) is 6.34. The fourth-order valence-corrected chi connectivity index (χ4v) is 3.50. The molecule has 7 heteroatoms. The van der Waals surface area contributed by atoms with Crippen molar-refractivity contribution in [1.82, 2.24) is 15.0 Å². The summed E-state index contributed by atoms with van der Waals surface area (Å²) < 4.78 is 10.6. The van der Waals surface area contributed by atoms with Crippen molar-refractivity contribution in [1.29, 1.82) is 0 Å². The van der Waals surface area contributed by atoms with Gasteiger partial charge in [-0.15, -0.1) is 0 Å². The molecule has 2 aliphatic heterocycles. The number of likely N-dealkylation sites (tertiary alicyclic amines) is 1.